The molecule has 1 aliphatic heterocycles. The lowest BCUT2D eigenvalue weighted by Crippen LogP contribution is -2.35. The minimum atomic E-state index is -0.842. The number of halogens is 4. The van der Waals surface area contributed by atoms with Gasteiger partial charge in [0.2, 0.25) is 5.91 Å². The van der Waals surface area contributed by atoms with Gasteiger partial charge in [-0.25, -0.2) is 13.2 Å². The number of hydrogen-bond acceptors (Lipinski definition) is 6. The summed E-state index contributed by atoms with van der Waals surface area (Å²) in [4.78, 5) is 31.6. The number of rotatable bonds is 6. The molecule has 2 aromatic heterocycles. The summed E-state index contributed by atoms with van der Waals surface area (Å²) in [6.07, 6.45) is 2.93. The van der Waals surface area contributed by atoms with E-state index in [1.807, 2.05) is 4.90 Å². The molecule has 0 unspecified atom stereocenters. The first-order valence-electron chi connectivity index (χ1n) is 12.0. The fourth-order valence-electron chi connectivity index (χ4n) is 4.15. The minimum absolute atomic E-state index is 0. The number of amides is 2. The highest BCUT2D eigenvalue weighted by Gasteiger charge is 2.23. The SMILES string of the molecule is Cl.O=C(Cc1c(F)cccc1F)NC(=S)Nc1ccc(Oc2ccnc3cc(C(=O)N4CCCC4)sc23)c(F)c1. The molecule has 2 N–H and O–H groups in total. The molecule has 4 aromatic rings. The number of anilines is 1. The summed E-state index contributed by atoms with van der Waals surface area (Å²) < 4.78 is 48.9. The summed E-state index contributed by atoms with van der Waals surface area (Å²) in [6, 6.07) is 10.6. The second-order valence-corrected chi connectivity index (χ2v) is 10.2. The molecule has 13 heteroatoms. The van der Waals surface area contributed by atoms with E-state index >= 15 is 0 Å². The zero-order valence-electron chi connectivity index (χ0n) is 20.7. The molecule has 0 radical (unpaired) electrons. The van der Waals surface area contributed by atoms with Crippen LogP contribution in [0.2, 0.25) is 0 Å². The normalized spacial score (nSPS) is 12.6. The van der Waals surface area contributed by atoms with Gasteiger partial charge in [0, 0.05) is 42.7 Å². The lowest BCUT2D eigenvalue weighted by molar-refractivity contribution is -0.119. The van der Waals surface area contributed by atoms with Gasteiger partial charge >= 0.3 is 0 Å². The number of nitrogens with one attached hydrogen (secondary N) is 2. The van der Waals surface area contributed by atoms with Crippen molar-refractivity contribution in [1.82, 2.24) is 15.2 Å². The van der Waals surface area contributed by atoms with Crippen LogP contribution >= 0.6 is 36.0 Å². The summed E-state index contributed by atoms with van der Waals surface area (Å²) in [7, 11) is 0. The Kier molecular flexibility index (Phi) is 9.23. The zero-order valence-corrected chi connectivity index (χ0v) is 23.2. The standard InChI is InChI=1S/C27H21F3N4O3S2.ClH/c28-17-4-3-5-18(29)16(17)13-24(35)33-27(38)32-15-6-7-21(19(30)12-15)37-22-8-9-31-20-14-23(39-25(20)22)26(36)34-10-1-2-11-34;/h3-9,12,14H,1-2,10-11,13H2,(H2,32,33,35,38);1H. The Balaban J connectivity index is 0.00000370. The number of carbonyl (C=O) groups excluding carboxylic acids is 2. The number of ether oxygens (including phenoxy) is 1. The number of nitrogens with zero attached hydrogens (tertiary/aromatic N) is 2. The van der Waals surface area contributed by atoms with Crippen LogP contribution < -0.4 is 15.4 Å². The van der Waals surface area contributed by atoms with Gasteiger partial charge in [-0.15, -0.1) is 23.7 Å². The van der Waals surface area contributed by atoms with Crippen molar-refractivity contribution in [2.24, 2.45) is 0 Å². The molecule has 0 bridgehead atoms. The molecule has 40 heavy (non-hydrogen) atoms. The maximum absolute atomic E-state index is 14.9. The van der Waals surface area contributed by atoms with Crippen molar-refractivity contribution in [2.75, 3.05) is 18.4 Å². The summed E-state index contributed by atoms with van der Waals surface area (Å²) in [5.74, 6) is -2.90. The molecule has 2 aromatic carbocycles. The van der Waals surface area contributed by atoms with Crippen LogP contribution in [0, 0.1) is 17.5 Å². The van der Waals surface area contributed by atoms with Crippen LogP contribution in [-0.2, 0) is 11.2 Å². The Morgan fingerprint density at radius 3 is 2.42 bits per heavy atom. The molecule has 2 amide bonds. The van der Waals surface area contributed by atoms with Gasteiger partial charge in [0.1, 0.15) is 17.4 Å². The van der Waals surface area contributed by atoms with Crippen LogP contribution in [0.25, 0.3) is 10.2 Å². The van der Waals surface area contributed by atoms with Crippen LogP contribution in [0.3, 0.4) is 0 Å². The van der Waals surface area contributed by atoms with Crippen LogP contribution in [0.5, 0.6) is 11.5 Å². The molecular formula is C27H22ClF3N4O3S2. The smallest absolute Gasteiger partial charge is 0.264 e. The molecule has 0 spiro atoms. The van der Waals surface area contributed by atoms with Crippen molar-refractivity contribution in [3.05, 3.63) is 82.6 Å². The Morgan fingerprint density at radius 1 is 1.00 bits per heavy atom. The van der Waals surface area contributed by atoms with Crippen LogP contribution in [0.4, 0.5) is 18.9 Å². The fraction of sp³-hybridized carbons (Fsp3) is 0.185. The molecular weight excluding hydrogens is 585 g/mol. The van der Waals surface area contributed by atoms with Gasteiger partial charge in [0.05, 0.1) is 21.5 Å². The van der Waals surface area contributed by atoms with E-state index in [4.69, 9.17) is 17.0 Å². The third-order valence-electron chi connectivity index (χ3n) is 6.04. The Morgan fingerprint density at radius 2 is 1.73 bits per heavy atom. The van der Waals surface area contributed by atoms with E-state index in [1.54, 1.807) is 12.1 Å². The third kappa shape index (κ3) is 6.52. The van der Waals surface area contributed by atoms with E-state index in [9.17, 15) is 22.8 Å². The maximum atomic E-state index is 14.9. The number of hydrogen-bond donors (Lipinski definition) is 2. The van der Waals surface area contributed by atoms with Crippen molar-refractivity contribution in [3.8, 4) is 11.5 Å². The number of thiophene rings is 1. The van der Waals surface area contributed by atoms with Gasteiger partial charge in [0.15, 0.2) is 16.7 Å². The van der Waals surface area contributed by atoms with E-state index in [-0.39, 0.29) is 40.4 Å². The number of thiocarbonyl (C=S) groups is 1. The van der Waals surface area contributed by atoms with Gasteiger partial charge in [0.25, 0.3) is 5.91 Å². The minimum Gasteiger partial charge on any atom is -0.453 e. The van der Waals surface area contributed by atoms with Crippen molar-refractivity contribution in [3.63, 3.8) is 0 Å². The monoisotopic (exact) mass is 606 g/mol. The van der Waals surface area contributed by atoms with Crippen molar-refractivity contribution < 1.29 is 27.5 Å². The van der Waals surface area contributed by atoms with E-state index in [2.05, 4.69) is 15.6 Å². The van der Waals surface area contributed by atoms with Gasteiger partial charge in [-0.1, -0.05) is 6.07 Å². The van der Waals surface area contributed by atoms with E-state index in [0.717, 1.165) is 44.1 Å². The number of benzene rings is 2. The molecule has 0 atom stereocenters. The average Bonchev–Trinajstić information content (AvgIpc) is 3.58. The predicted octanol–water partition coefficient (Wildman–Crippen LogP) is 6.22. The summed E-state index contributed by atoms with van der Waals surface area (Å²) in [5.41, 5.74) is 0.417. The number of aromatic nitrogens is 1. The largest absolute Gasteiger partial charge is 0.453 e. The molecule has 1 fully saturated rings. The van der Waals surface area contributed by atoms with Crippen LogP contribution in [0.1, 0.15) is 28.1 Å². The molecule has 3 heterocycles. The van der Waals surface area contributed by atoms with E-state index in [0.29, 0.717) is 20.8 Å². The first-order chi connectivity index (χ1) is 18.8. The van der Waals surface area contributed by atoms with Crippen LogP contribution in [0.15, 0.2) is 54.7 Å². The lowest BCUT2D eigenvalue weighted by atomic mass is 10.1. The highest BCUT2D eigenvalue weighted by Crippen LogP contribution is 2.36. The first kappa shape index (κ1) is 29.2. The molecule has 1 aliphatic rings. The Hall–Kier alpha value is -3.74. The average molecular weight is 607 g/mol. The Bertz CT molecular complexity index is 1570. The lowest BCUT2D eigenvalue weighted by Gasteiger charge is -2.13. The second-order valence-electron chi connectivity index (χ2n) is 8.76. The molecule has 7 nitrogen and oxygen atoms in total. The summed E-state index contributed by atoms with van der Waals surface area (Å²) >= 11 is 6.32. The highest BCUT2D eigenvalue weighted by molar-refractivity contribution is 7.80. The first-order valence-corrected chi connectivity index (χ1v) is 13.2. The van der Waals surface area contributed by atoms with Gasteiger partial charge < -0.3 is 20.3 Å². The molecule has 0 aliphatic carbocycles. The third-order valence-corrected chi connectivity index (χ3v) is 7.37. The molecule has 0 saturated carbocycles. The molecule has 1 saturated heterocycles. The summed E-state index contributed by atoms with van der Waals surface area (Å²) in [6.45, 7) is 1.46. The number of carbonyl (C=O) groups is 2. The number of fused-ring (bicyclic) bond motifs is 1. The second kappa shape index (κ2) is 12.6. The Labute approximate surface area is 242 Å². The fourth-order valence-corrected chi connectivity index (χ4v) is 5.42. The zero-order chi connectivity index (χ0) is 27.5. The molecule has 5 rings (SSSR count). The van der Waals surface area contributed by atoms with E-state index < -0.39 is 29.8 Å². The summed E-state index contributed by atoms with van der Waals surface area (Å²) in [5, 5.41) is 4.80. The maximum Gasteiger partial charge on any atom is 0.264 e. The van der Waals surface area contributed by atoms with Gasteiger partial charge in [-0.2, -0.15) is 0 Å². The van der Waals surface area contributed by atoms with Gasteiger partial charge in [-0.3, -0.25) is 14.6 Å². The van der Waals surface area contributed by atoms with E-state index in [1.165, 1.54) is 35.7 Å². The van der Waals surface area contributed by atoms with Crippen molar-refractivity contribution in [2.45, 2.75) is 19.3 Å². The van der Waals surface area contributed by atoms with Crippen LogP contribution in [-0.4, -0.2) is 39.9 Å². The quantitative estimate of drug-likeness (QED) is 0.254. The highest BCUT2D eigenvalue weighted by atomic mass is 35.5. The van der Waals surface area contributed by atoms with Gasteiger partial charge in [-0.05, 0) is 55.4 Å². The topological polar surface area (TPSA) is 83.6 Å². The van der Waals surface area contributed by atoms with Crippen molar-refractivity contribution >= 4 is 68.8 Å². The molecule has 208 valence electrons. The van der Waals surface area contributed by atoms with Crippen molar-refractivity contribution in [1.29, 1.82) is 0 Å². The predicted molar refractivity (Wildman–Crippen MR) is 153 cm³/mol. The number of likely N-dealkylation sites (tertiary alicyclic amines) is 1. The number of pyridine rings is 1.